The molecule has 2 aliphatic rings. The summed E-state index contributed by atoms with van der Waals surface area (Å²) in [6.45, 7) is 2.39. The Morgan fingerprint density at radius 3 is 2.33 bits per heavy atom. The van der Waals surface area contributed by atoms with Crippen LogP contribution in [0.1, 0.15) is 42.6 Å². The molecule has 15 heteroatoms. The van der Waals surface area contributed by atoms with E-state index in [2.05, 4.69) is 15.6 Å². The molecule has 1 saturated carbocycles. The van der Waals surface area contributed by atoms with Crippen LogP contribution in [-0.2, 0) is 30.3 Å². The van der Waals surface area contributed by atoms with Crippen LogP contribution in [0.4, 0.5) is 17.6 Å². The van der Waals surface area contributed by atoms with Crippen LogP contribution in [0, 0.1) is 35.4 Å². The zero-order chi connectivity index (χ0) is 30.9. The van der Waals surface area contributed by atoms with Crippen molar-refractivity contribution in [3.8, 4) is 5.75 Å². The van der Waals surface area contributed by atoms with Gasteiger partial charge in [0.15, 0.2) is 5.82 Å². The van der Waals surface area contributed by atoms with Crippen molar-refractivity contribution < 1.29 is 56.4 Å². The molecule has 2 aromatic rings. The summed E-state index contributed by atoms with van der Waals surface area (Å²) in [6.07, 6.45) is -4.80. The summed E-state index contributed by atoms with van der Waals surface area (Å²) in [4.78, 5) is 55.0. The van der Waals surface area contributed by atoms with E-state index in [9.17, 15) is 47.0 Å². The minimum atomic E-state index is -2.10. The number of cyclic esters (lactones) is 2. The molecule has 0 bridgehead atoms. The first-order valence-electron chi connectivity index (χ1n) is 13.0. The van der Waals surface area contributed by atoms with Gasteiger partial charge in [-0.1, -0.05) is 12.1 Å². The van der Waals surface area contributed by atoms with E-state index < -0.39 is 107 Å². The molecule has 226 valence electrons. The van der Waals surface area contributed by atoms with E-state index in [1.165, 1.54) is 31.2 Å². The molecule has 1 unspecified atom stereocenters. The highest BCUT2D eigenvalue weighted by Crippen LogP contribution is 2.36. The average Bonchev–Trinajstić information content (AvgIpc) is 3.78. The highest BCUT2D eigenvalue weighted by molar-refractivity contribution is 6.00. The van der Waals surface area contributed by atoms with E-state index in [4.69, 9.17) is 9.47 Å². The molecule has 2 heterocycles. The number of benzene rings is 1. The molecule has 42 heavy (non-hydrogen) atoms. The smallest absolute Gasteiger partial charge is 0.348 e. The van der Waals surface area contributed by atoms with Gasteiger partial charge in [-0.25, -0.2) is 9.18 Å². The van der Waals surface area contributed by atoms with Crippen molar-refractivity contribution in [2.24, 2.45) is 11.8 Å². The van der Waals surface area contributed by atoms with E-state index in [-0.39, 0.29) is 5.56 Å². The number of carbonyl (C=O) groups is 4. The van der Waals surface area contributed by atoms with Gasteiger partial charge in [0.25, 0.3) is 11.9 Å². The fourth-order valence-corrected chi connectivity index (χ4v) is 4.49. The molecule has 1 saturated heterocycles. The van der Waals surface area contributed by atoms with Crippen molar-refractivity contribution in [1.82, 2.24) is 15.6 Å². The number of ether oxygens (including phenoxy) is 2. The second-order valence-corrected chi connectivity index (χ2v) is 10.2. The maximum absolute atomic E-state index is 14.5. The van der Waals surface area contributed by atoms with Gasteiger partial charge in [-0.15, -0.1) is 0 Å². The maximum atomic E-state index is 14.5. The topological polar surface area (TPSA) is 164 Å². The van der Waals surface area contributed by atoms with Gasteiger partial charge in [0.2, 0.25) is 23.8 Å². The van der Waals surface area contributed by atoms with Gasteiger partial charge in [0, 0.05) is 17.9 Å². The number of para-hydroxylation sites is 1. The van der Waals surface area contributed by atoms with E-state index in [1.54, 1.807) is 0 Å². The quantitative estimate of drug-likeness (QED) is 0.227. The van der Waals surface area contributed by atoms with E-state index in [1.807, 2.05) is 0 Å². The number of phenolic OH excluding ortho intramolecular Hbond substituents is 1. The number of aromatic hydroxyl groups is 1. The fourth-order valence-electron chi connectivity index (χ4n) is 4.49. The number of pyridine rings is 1. The predicted octanol–water partition coefficient (Wildman–Crippen LogP) is 1.43. The number of amides is 2. The Balaban J connectivity index is 1.73. The van der Waals surface area contributed by atoms with Crippen LogP contribution in [0.3, 0.4) is 0 Å². The zero-order valence-electron chi connectivity index (χ0n) is 22.3. The molecule has 2 fully saturated rings. The molecular formula is C27H27F4N3O8. The van der Waals surface area contributed by atoms with Gasteiger partial charge in [-0.3, -0.25) is 14.4 Å². The Bertz CT molecular complexity index is 1410. The largest absolute Gasteiger partial charge is 0.507 e. The highest BCUT2D eigenvalue weighted by atomic mass is 19.2. The zero-order valence-corrected chi connectivity index (χ0v) is 22.3. The first-order valence-corrected chi connectivity index (χ1v) is 13.0. The van der Waals surface area contributed by atoms with Crippen LogP contribution in [0.5, 0.6) is 5.75 Å². The van der Waals surface area contributed by atoms with Gasteiger partial charge in [0.05, 0.1) is 23.6 Å². The van der Waals surface area contributed by atoms with Crippen LogP contribution in [0.15, 0.2) is 24.3 Å². The summed E-state index contributed by atoms with van der Waals surface area (Å²) < 4.78 is 67.0. The van der Waals surface area contributed by atoms with Gasteiger partial charge in [-0.2, -0.15) is 18.2 Å². The van der Waals surface area contributed by atoms with Crippen LogP contribution < -0.4 is 10.6 Å². The lowest BCUT2D eigenvalue weighted by Gasteiger charge is -2.33. The van der Waals surface area contributed by atoms with E-state index >= 15 is 0 Å². The van der Waals surface area contributed by atoms with Crippen molar-refractivity contribution in [3.63, 3.8) is 0 Å². The predicted molar refractivity (Wildman–Crippen MR) is 132 cm³/mol. The number of hydrogen-bond acceptors (Lipinski definition) is 9. The molecule has 4 N–H and O–H groups in total. The number of aliphatic hydroxyl groups excluding tert-OH is 1. The number of nitrogens with zero attached hydrogens (tertiary/aromatic N) is 1. The number of aliphatic hydroxyl groups is 1. The van der Waals surface area contributed by atoms with Crippen molar-refractivity contribution in [2.75, 3.05) is 0 Å². The molecule has 1 aromatic carbocycles. The molecule has 0 spiro atoms. The highest BCUT2D eigenvalue weighted by Gasteiger charge is 2.45. The van der Waals surface area contributed by atoms with Crippen molar-refractivity contribution in [1.29, 1.82) is 0 Å². The monoisotopic (exact) mass is 597 g/mol. The lowest BCUT2D eigenvalue weighted by atomic mass is 9.92. The molecular weight excluding hydrogens is 570 g/mol. The molecule has 6 atom stereocenters. The minimum Gasteiger partial charge on any atom is -0.507 e. The number of hydrogen-bond donors (Lipinski definition) is 4. The third-order valence-corrected chi connectivity index (χ3v) is 7.15. The maximum Gasteiger partial charge on any atom is 0.348 e. The molecule has 1 aliphatic carbocycles. The average molecular weight is 598 g/mol. The third kappa shape index (κ3) is 6.45. The Morgan fingerprint density at radius 1 is 1.02 bits per heavy atom. The number of nitrogens with one attached hydrogen (secondary N) is 2. The number of halogens is 4. The van der Waals surface area contributed by atoms with Gasteiger partial charge < -0.3 is 30.3 Å². The normalized spacial score (nSPS) is 27.2. The molecule has 1 aromatic heterocycles. The first kappa shape index (κ1) is 30.7. The van der Waals surface area contributed by atoms with Gasteiger partial charge in [0.1, 0.15) is 17.9 Å². The number of phenols is 1. The number of rotatable bonds is 5. The molecule has 2 amide bonds. The molecule has 4 rings (SSSR count). The van der Waals surface area contributed by atoms with Crippen molar-refractivity contribution in [2.45, 2.75) is 63.5 Å². The van der Waals surface area contributed by atoms with Crippen LogP contribution >= 0.6 is 0 Å². The summed E-state index contributed by atoms with van der Waals surface area (Å²) in [6, 6.07) is 1.84. The minimum absolute atomic E-state index is 0.248. The van der Waals surface area contributed by atoms with Crippen LogP contribution in [0.2, 0.25) is 0 Å². The Hall–Kier alpha value is -4.27. The molecule has 0 radical (unpaired) electrons. The number of aromatic nitrogens is 1. The lowest BCUT2D eigenvalue weighted by Crippen LogP contribution is -2.59. The summed E-state index contributed by atoms with van der Waals surface area (Å²) in [5.74, 6) is -14.5. The number of esters is 2. The second-order valence-electron chi connectivity index (χ2n) is 10.2. The summed E-state index contributed by atoms with van der Waals surface area (Å²) in [5.41, 5.74) is -1.39. The third-order valence-electron chi connectivity index (χ3n) is 7.15. The first-order chi connectivity index (χ1) is 19.8. The summed E-state index contributed by atoms with van der Waals surface area (Å²) in [7, 11) is 0. The van der Waals surface area contributed by atoms with Gasteiger partial charge >= 0.3 is 11.9 Å². The van der Waals surface area contributed by atoms with Crippen molar-refractivity contribution in [3.05, 3.63) is 58.9 Å². The van der Waals surface area contributed by atoms with Crippen molar-refractivity contribution >= 4 is 23.8 Å². The molecule has 11 nitrogen and oxygen atoms in total. The second kappa shape index (κ2) is 12.3. The lowest BCUT2D eigenvalue weighted by molar-refractivity contribution is -0.178. The molecule has 1 aliphatic heterocycles. The Kier molecular flexibility index (Phi) is 8.99. The Morgan fingerprint density at radius 2 is 1.69 bits per heavy atom. The fraction of sp³-hybridized carbons (Fsp3) is 0.444. The standard InChI is InChI=1S/C27H27F4N3O8/c1-10-20(36)15(9-14-17(28)18(29)23(31)34-22(14)30)32-25(38)19(33-24(37)13-5-3-4-6-16(13)35)11(2)41-27(40)21(12-7-8-12)42-26(10)39/h3-6,10-12,15,19-21,35-36H,7-9H2,1-2H3,(H,32,38)(H,33,37)/t10-,11-,15+,19+,20+,21?/m1/s1. The van der Waals surface area contributed by atoms with E-state index in [0.29, 0.717) is 12.8 Å². The summed E-state index contributed by atoms with van der Waals surface area (Å²) in [5, 5.41) is 25.7. The number of carbonyl (C=O) groups excluding carboxylic acids is 4. The van der Waals surface area contributed by atoms with E-state index in [0.717, 1.165) is 6.92 Å². The SMILES string of the molecule is C[C@H]1OC(=O)C(C2CC2)OC(=O)[C@H](C)[C@H](O)[C@H](Cc2c(F)nc(F)c(F)c2F)NC(=O)[C@H]1NC(=O)c1ccccc1O. The van der Waals surface area contributed by atoms with Crippen LogP contribution in [0.25, 0.3) is 0 Å². The van der Waals surface area contributed by atoms with Crippen LogP contribution in [-0.4, -0.2) is 69.3 Å². The van der Waals surface area contributed by atoms with Gasteiger partial charge in [-0.05, 0) is 38.8 Å². The Labute approximate surface area is 236 Å². The summed E-state index contributed by atoms with van der Waals surface area (Å²) >= 11 is 0.